The molecule has 0 spiro atoms. The summed E-state index contributed by atoms with van der Waals surface area (Å²) in [5.41, 5.74) is 6.33. The normalized spacial score (nSPS) is 33.8. The van der Waals surface area contributed by atoms with Crippen molar-refractivity contribution in [2.75, 3.05) is 6.54 Å². The van der Waals surface area contributed by atoms with Crippen LogP contribution in [0.1, 0.15) is 18.2 Å². The summed E-state index contributed by atoms with van der Waals surface area (Å²) in [6.45, 7) is 0.353. The van der Waals surface area contributed by atoms with Gasteiger partial charge >= 0.3 is 0 Å². The number of aromatic nitrogens is 2. The maximum absolute atomic E-state index is 9.52. The lowest BCUT2D eigenvalue weighted by atomic mass is 10.1. The summed E-state index contributed by atoms with van der Waals surface area (Å²) in [5, 5.41) is 9.52. The highest BCUT2D eigenvalue weighted by Gasteiger charge is 2.34. The number of hydrogen-bond acceptors (Lipinski definition) is 4. The molecule has 0 aromatic carbocycles. The van der Waals surface area contributed by atoms with Crippen LogP contribution in [0.15, 0.2) is 12.5 Å². The SMILES string of the molecule is NCC1OC(c2cnc[nH]2)CC1O. The quantitative estimate of drug-likeness (QED) is 0.580. The van der Waals surface area contributed by atoms with Crippen LogP contribution in [0.5, 0.6) is 0 Å². The Morgan fingerprint density at radius 3 is 3.15 bits per heavy atom. The van der Waals surface area contributed by atoms with Crippen LogP contribution >= 0.6 is 0 Å². The summed E-state index contributed by atoms with van der Waals surface area (Å²) in [4.78, 5) is 6.85. The second-order valence-corrected chi connectivity index (χ2v) is 3.21. The summed E-state index contributed by atoms with van der Waals surface area (Å²) < 4.78 is 5.52. The Labute approximate surface area is 75.9 Å². The molecule has 1 saturated heterocycles. The minimum Gasteiger partial charge on any atom is -0.390 e. The van der Waals surface area contributed by atoms with Crippen molar-refractivity contribution in [3.63, 3.8) is 0 Å². The van der Waals surface area contributed by atoms with Gasteiger partial charge in [-0.2, -0.15) is 0 Å². The fourth-order valence-electron chi connectivity index (χ4n) is 1.58. The van der Waals surface area contributed by atoms with Gasteiger partial charge in [-0.25, -0.2) is 4.98 Å². The van der Waals surface area contributed by atoms with E-state index in [0.29, 0.717) is 13.0 Å². The number of aromatic amines is 1. The molecule has 5 nitrogen and oxygen atoms in total. The van der Waals surface area contributed by atoms with Gasteiger partial charge in [-0.05, 0) is 0 Å². The van der Waals surface area contributed by atoms with Gasteiger partial charge in [0.25, 0.3) is 0 Å². The maximum atomic E-state index is 9.52. The van der Waals surface area contributed by atoms with Crippen molar-refractivity contribution in [3.05, 3.63) is 18.2 Å². The van der Waals surface area contributed by atoms with Crippen LogP contribution in [0.4, 0.5) is 0 Å². The molecule has 3 unspecified atom stereocenters. The Hall–Kier alpha value is -0.910. The van der Waals surface area contributed by atoms with Gasteiger partial charge in [0, 0.05) is 13.0 Å². The van der Waals surface area contributed by atoms with E-state index in [1.165, 1.54) is 0 Å². The van der Waals surface area contributed by atoms with E-state index in [1.54, 1.807) is 12.5 Å². The Morgan fingerprint density at radius 2 is 2.62 bits per heavy atom. The third-order valence-corrected chi connectivity index (χ3v) is 2.32. The molecule has 1 aliphatic heterocycles. The topological polar surface area (TPSA) is 84.2 Å². The van der Waals surface area contributed by atoms with E-state index in [0.717, 1.165) is 5.69 Å². The molecule has 72 valence electrons. The van der Waals surface area contributed by atoms with Crippen molar-refractivity contribution in [2.24, 2.45) is 5.73 Å². The molecule has 0 bridgehead atoms. The van der Waals surface area contributed by atoms with Gasteiger partial charge in [0.05, 0.1) is 30.4 Å². The number of ether oxygens (including phenoxy) is 1. The van der Waals surface area contributed by atoms with Gasteiger partial charge in [0.2, 0.25) is 0 Å². The number of imidazole rings is 1. The summed E-state index contributed by atoms with van der Waals surface area (Å²) in [7, 11) is 0. The van der Waals surface area contributed by atoms with Crippen LogP contribution in [-0.2, 0) is 4.74 Å². The van der Waals surface area contributed by atoms with Crippen molar-refractivity contribution >= 4 is 0 Å². The number of nitrogens with zero attached hydrogens (tertiary/aromatic N) is 1. The lowest BCUT2D eigenvalue weighted by Crippen LogP contribution is -2.29. The lowest BCUT2D eigenvalue weighted by molar-refractivity contribution is 0.0143. The van der Waals surface area contributed by atoms with E-state index in [2.05, 4.69) is 9.97 Å². The Bertz CT molecular complexity index is 262. The minimum atomic E-state index is -0.460. The molecule has 2 rings (SSSR count). The third-order valence-electron chi connectivity index (χ3n) is 2.32. The van der Waals surface area contributed by atoms with Gasteiger partial charge in [-0.1, -0.05) is 0 Å². The number of aliphatic hydroxyl groups excluding tert-OH is 1. The van der Waals surface area contributed by atoms with E-state index in [-0.39, 0.29) is 12.2 Å². The molecule has 2 heterocycles. The first-order chi connectivity index (χ1) is 6.31. The zero-order valence-corrected chi connectivity index (χ0v) is 7.18. The fraction of sp³-hybridized carbons (Fsp3) is 0.625. The predicted molar refractivity (Wildman–Crippen MR) is 45.9 cm³/mol. The van der Waals surface area contributed by atoms with Crippen LogP contribution in [0, 0.1) is 0 Å². The van der Waals surface area contributed by atoms with Crippen molar-refractivity contribution in [1.29, 1.82) is 0 Å². The fourth-order valence-corrected chi connectivity index (χ4v) is 1.58. The molecule has 1 aromatic heterocycles. The molecule has 5 heteroatoms. The molecule has 4 N–H and O–H groups in total. The maximum Gasteiger partial charge on any atom is 0.102 e. The van der Waals surface area contributed by atoms with Gasteiger partial charge in [0.15, 0.2) is 0 Å². The number of aliphatic hydroxyl groups is 1. The second-order valence-electron chi connectivity index (χ2n) is 3.21. The molecule has 1 aliphatic rings. The van der Waals surface area contributed by atoms with E-state index >= 15 is 0 Å². The van der Waals surface area contributed by atoms with Gasteiger partial charge < -0.3 is 20.6 Å². The number of nitrogens with one attached hydrogen (secondary N) is 1. The van der Waals surface area contributed by atoms with Crippen LogP contribution in [0.2, 0.25) is 0 Å². The molecule has 13 heavy (non-hydrogen) atoms. The van der Waals surface area contributed by atoms with Gasteiger partial charge in [-0.3, -0.25) is 0 Å². The first-order valence-corrected chi connectivity index (χ1v) is 4.33. The molecule has 1 fully saturated rings. The number of nitrogens with two attached hydrogens (primary N) is 1. The highest BCUT2D eigenvalue weighted by molar-refractivity contribution is 5.03. The van der Waals surface area contributed by atoms with Crippen molar-refractivity contribution < 1.29 is 9.84 Å². The Balaban J connectivity index is 2.05. The molecule has 0 saturated carbocycles. The van der Waals surface area contributed by atoms with Gasteiger partial charge in [0.1, 0.15) is 6.10 Å². The van der Waals surface area contributed by atoms with Crippen LogP contribution in [-0.4, -0.2) is 33.8 Å². The molecule has 0 aliphatic carbocycles. The summed E-state index contributed by atoms with van der Waals surface area (Å²) in [5.74, 6) is 0. The molecule has 0 amide bonds. The van der Waals surface area contributed by atoms with Crippen molar-refractivity contribution in [1.82, 2.24) is 9.97 Å². The smallest absolute Gasteiger partial charge is 0.102 e. The van der Waals surface area contributed by atoms with E-state index < -0.39 is 6.10 Å². The molecular weight excluding hydrogens is 170 g/mol. The van der Waals surface area contributed by atoms with E-state index in [4.69, 9.17) is 10.5 Å². The van der Waals surface area contributed by atoms with Crippen molar-refractivity contribution in [2.45, 2.75) is 24.7 Å². The molecule has 3 atom stereocenters. The van der Waals surface area contributed by atoms with Crippen LogP contribution < -0.4 is 5.73 Å². The first-order valence-electron chi connectivity index (χ1n) is 4.33. The first kappa shape index (κ1) is 8.68. The zero-order valence-electron chi connectivity index (χ0n) is 7.18. The van der Waals surface area contributed by atoms with E-state index in [9.17, 15) is 5.11 Å². The van der Waals surface area contributed by atoms with E-state index in [1.807, 2.05) is 0 Å². The third kappa shape index (κ3) is 1.58. The number of H-pyrrole nitrogens is 1. The largest absolute Gasteiger partial charge is 0.390 e. The molecular formula is C8H13N3O2. The minimum absolute atomic E-state index is 0.0916. The summed E-state index contributed by atoms with van der Waals surface area (Å²) >= 11 is 0. The zero-order chi connectivity index (χ0) is 9.26. The average Bonchev–Trinajstić information content (AvgIpc) is 2.71. The van der Waals surface area contributed by atoms with Crippen LogP contribution in [0.3, 0.4) is 0 Å². The second kappa shape index (κ2) is 3.45. The van der Waals surface area contributed by atoms with Crippen molar-refractivity contribution in [3.8, 4) is 0 Å². The Morgan fingerprint density at radius 1 is 1.77 bits per heavy atom. The molecule has 1 aromatic rings. The lowest BCUT2D eigenvalue weighted by Gasteiger charge is -2.10. The standard InChI is InChI=1S/C8H13N3O2/c9-2-8-6(12)1-7(13-8)5-3-10-4-11-5/h3-4,6-8,12H,1-2,9H2,(H,10,11). The average molecular weight is 183 g/mol. The highest BCUT2D eigenvalue weighted by atomic mass is 16.5. The monoisotopic (exact) mass is 183 g/mol. The van der Waals surface area contributed by atoms with Crippen LogP contribution in [0.25, 0.3) is 0 Å². The Kier molecular flexibility index (Phi) is 2.30. The number of rotatable bonds is 2. The van der Waals surface area contributed by atoms with Gasteiger partial charge in [-0.15, -0.1) is 0 Å². The summed E-state index contributed by atoms with van der Waals surface area (Å²) in [6, 6.07) is 0. The molecule has 0 radical (unpaired) electrons. The highest BCUT2D eigenvalue weighted by Crippen LogP contribution is 2.31. The number of hydrogen-bond donors (Lipinski definition) is 3. The summed E-state index contributed by atoms with van der Waals surface area (Å²) in [6.07, 6.45) is 3.10. The predicted octanol–water partition coefficient (Wildman–Crippen LogP) is -0.441.